The number of pyridine rings is 2. The highest BCUT2D eigenvalue weighted by Crippen LogP contribution is 2.39. The summed E-state index contributed by atoms with van der Waals surface area (Å²) in [6, 6.07) is 6.36. The quantitative estimate of drug-likeness (QED) is 0.0783. The Labute approximate surface area is 460 Å². The number of hydrogen-bond donors (Lipinski definition) is 2. The maximum Gasteiger partial charge on any atom is 0.410 e. The summed E-state index contributed by atoms with van der Waals surface area (Å²) in [5.41, 5.74) is 0.958. The summed E-state index contributed by atoms with van der Waals surface area (Å²) in [7, 11) is -3.75. The number of aryl methyl sites for hydroxylation is 2. The molecule has 428 valence electrons. The van der Waals surface area contributed by atoms with E-state index in [9.17, 15) is 31.2 Å². The molecule has 2 saturated heterocycles. The fourth-order valence-corrected chi connectivity index (χ4v) is 11.3. The van der Waals surface area contributed by atoms with E-state index in [4.69, 9.17) is 40.0 Å². The zero-order valence-electron chi connectivity index (χ0n) is 45.9. The van der Waals surface area contributed by atoms with E-state index in [1.165, 1.54) is 39.0 Å². The third-order valence-electron chi connectivity index (χ3n) is 12.1. The van der Waals surface area contributed by atoms with Gasteiger partial charge in [0.15, 0.2) is 41.4 Å². The topological polar surface area (TPSA) is 292 Å². The Bertz CT molecular complexity index is 2960. The number of piperidine rings is 2. The van der Waals surface area contributed by atoms with Gasteiger partial charge in [-0.3, -0.25) is 0 Å². The van der Waals surface area contributed by atoms with Crippen LogP contribution in [-0.4, -0.2) is 155 Å². The van der Waals surface area contributed by atoms with Crippen LogP contribution in [0.1, 0.15) is 111 Å². The first-order valence-electron chi connectivity index (χ1n) is 25.7. The van der Waals surface area contributed by atoms with Gasteiger partial charge in [-0.15, -0.1) is 0 Å². The van der Waals surface area contributed by atoms with Crippen LogP contribution in [0.5, 0.6) is 23.3 Å². The predicted molar refractivity (Wildman–Crippen MR) is 288 cm³/mol. The number of amides is 2. The van der Waals surface area contributed by atoms with Crippen LogP contribution >= 0.6 is 11.6 Å². The Kier molecular flexibility index (Phi) is 20.5. The van der Waals surface area contributed by atoms with Gasteiger partial charge in [-0.2, -0.15) is 9.97 Å². The largest absolute Gasteiger partial charge is 0.489 e. The molecule has 2 amide bonds. The lowest BCUT2D eigenvalue weighted by Gasteiger charge is -2.33. The highest BCUT2D eigenvalue weighted by atomic mass is 35.5. The van der Waals surface area contributed by atoms with E-state index < -0.39 is 30.7 Å². The summed E-state index contributed by atoms with van der Waals surface area (Å²) < 4.78 is 88.4. The number of anilines is 4. The minimum absolute atomic E-state index is 0.0875. The molecule has 0 unspecified atom stereocenters. The highest BCUT2D eigenvalue weighted by Gasteiger charge is 2.39. The third-order valence-corrected chi connectivity index (χ3v) is 16.5. The van der Waals surface area contributed by atoms with Gasteiger partial charge < -0.3 is 53.6 Å². The van der Waals surface area contributed by atoms with Crippen molar-refractivity contribution in [2.75, 3.05) is 51.0 Å². The number of hydrogen-bond acceptors (Lipinski definition) is 22. The second-order valence-corrected chi connectivity index (χ2v) is 25.0. The van der Waals surface area contributed by atoms with Crippen molar-refractivity contribution < 1.29 is 64.4 Å². The predicted octanol–water partition coefficient (Wildman–Crippen LogP) is 8.67. The number of likely N-dealkylation sites (tertiary alicyclic amines) is 2. The van der Waals surface area contributed by atoms with Gasteiger partial charge in [0.1, 0.15) is 30.5 Å². The lowest BCUT2D eigenvalue weighted by molar-refractivity contribution is 0.0120. The third kappa shape index (κ3) is 17.0. The molecule has 27 heteroatoms. The Hall–Kier alpha value is -6.54. The van der Waals surface area contributed by atoms with E-state index in [2.05, 4.69) is 45.3 Å². The van der Waals surface area contributed by atoms with Crippen molar-refractivity contribution in [3.8, 4) is 23.3 Å². The second kappa shape index (κ2) is 26.4. The molecular formula is C51H71ClN10O14S2. The van der Waals surface area contributed by atoms with Gasteiger partial charge in [0.05, 0.1) is 59.7 Å². The molecule has 8 rings (SSSR count). The van der Waals surface area contributed by atoms with Crippen LogP contribution in [0.3, 0.4) is 0 Å². The van der Waals surface area contributed by atoms with Crippen molar-refractivity contribution in [1.29, 1.82) is 0 Å². The van der Waals surface area contributed by atoms with Gasteiger partial charge in [0.25, 0.3) is 11.8 Å². The zero-order valence-corrected chi connectivity index (χ0v) is 48.3. The first-order chi connectivity index (χ1) is 36.8. The summed E-state index contributed by atoms with van der Waals surface area (Å²) in [6.07, 6.45) is 6.75. The summed E-state index contributed by atoms with van der Waals surface area (Å²) >= 11 is 4.81. The standard InChI is InChI=1S/C24H33N5O6S.C23H31N5O6S.C4H7ClO2/c1-15-18(8-9-19(27-15)36(31,32)17-6-7-17)28-21-20(33-5)22(26-14-25-21)34-16-10-12-29(13-11-16)23(30)35-24(2,3)4;1-14(2)33-23(29)28-11-9-16(10-12-28)34-22-20(32-4)21(24-13-25-22)27-18-7-8-19(26-15(18)3)35(30,31)17-5-6-17;1-3(2)7-4(5)6/h8-9,14,16-17H,6-7,10-13H2,1-5H3,(H,25,26,28);7-8,13-14,16-17H,5-6,9-12H2,1-4H3,(H,24,25,27);3H,1-2H3. The molecule has 24 nitrogen and oxygen atoms in total. The van der Waals surface area contributed by atoms with Gasteiger partial charge in [-0.1, -0.05) is 0 Å². The van der Waals surface area contributed by atoms with Crippen LogP contribution < -0.4 is 29.6 Å². The molecule has 0 bridgehead atoms. The molecular weight excluding hydrogens is 1080 g/mol. The van der Waals surface area contributed by atoms with Crippen LogP contribution in [-0.2, 0) is 33.9 Å². The number of methoxy groups -OCH3 is 2. The van der Waals surface area contributed by atoms with Crippen LogP contribution in [0.15, 0.2) is 47.0 Å². The average Bonchev–Trinajstić information content (AvgIpc) is 4.31. The Morgan fingerprint density at radius 3 is 1.29 bits per heavy atom. The van der Waals surface area contributed by atoms with E-state index in [0.29, 0.717) is 123 Å². The molecule has 0 atom stereocenters. The zero-order chi connectivity index (χ0) is 57.1. The summed E-state index contributed by atoms with van der Waals surface area (Å²) in [6.45, 7) is 18.2. The molecule has 78 heavy (non-hydrogen) atoms. The van der Waals surface area contributed by atoms with E-state index in [-0.39, 0.29) is 68.9 Å². The van der Waals surface area contributed by atoms with Crippen LogP contribution in [0.2, 0.25) is 0 Å². The van der Waals surface area contributed by atoms with Gasteiger partial charge in [0.2, 0.25) is 11.5 Å². The Morgan fingerprint density at radius 2 is 0.987 bits per heavy atom. The Balaban J connectivity index is 0.000000225. The van der Waals surface area contributed by atoms with Crippen molar-refractivity contribution in [1.82, 2.24) is 39.7 Å². The van der Waals surface area contributed by atoms with E-state index in [1.807, 2.05) is 34.6 Å². The summed E-state index contributed by atoms with van der Waals surface area (Å²) in [5.74, 6) is 1.95. The fraction of sp³-hybridized carbons (Fsp3) is 0.588. The minimum atomic E-state index is -3.37. The molecule has 2 aliphatic heterocycles. The van der Waals surface area contributed by atoms with Crippen LogP contribution in [0.25, 0.3) is 0 Å². The maximum atomic E-state index is 12.5. The number of halogens is 1. The SMILES string of the molecule is CC(C)OC(=O)Cl.COc1c(Nc2ccc(S(=O)(=O)C3CC3)nc2C)ncnc1OC1CCN(C(=O)OC(C)(C)C)CC1.COc1c(Nc2ccc(S(=O)(=O)C3CC3)nc2C)ncnc1OC1CCN(C(=O)OC(C)C)CC1. The number of nitrogens with zero attached hydrogens (tertiary/aromatic N) is 8. The number of ether oxygens (including phenoxy) is 7. The molecule has 2 saturated carbocycles. The number of sulfone groups is 2. The van der Waals surface area contributed by atoms with Gasteiger partial charge in [-0.05, 0) is 112 Å². The molecule has 4 fully saturated rings. The molecule has 2 N–H and O–H groups in total. The van der Waals surface area contributed by atoms with E-state index in [0.717, 1.165) is 0 Å². The molecule has 0 aromatic carbocycles. The first kappa shape index (κ1) is 60.7. The smallest absolute Gasteiger partial charge is 0.410 e. The van der Waals surface area contributed by atoms with Gasteiger partial charge >= 0.3 is 17.6 Å². The van der Waals surface area contributed by atoms with Crippen LogP contribution in [0, 0.1) is 13.8 Å². The lowest BCUT2D eigenvalue weighted by atomic mass is 10.1. The monoisotopic (exact) mass is 1150 g/mol. The number of nitrogens with one attached hydrogen (secondary N) is 2. The molecule has 4 aromatic rings. The van der Waals surface area contributed by atoms with Gasteiger partial charge in [0, 0.05) is 63.5 Å². The average molecular weight is 1150 g/mol. The van der Waals surface area contributed by atoms with Crippen molar-refractivity contribution in [2.45, 2.75) is 164 Å². The van der Waals surface area contributed by atoms with Crippen molar-refractivity contribution >= 4 is 71.9 Å². The second-order valence-electron chi connectivity index (χ2n) is 20.4. The normalized spacial score (nSPS) is 16.2. The van der Waals surface area contributed by atoms with E-state index in [1.54, 1.807) is 49.6 Å². The highest BCUT2D eigenvalue weighted by molar-refractivity contribution is 7.92. The molecule has 4 aromatic heterocycles. The number of carbonyl (C=O) groups is 3. The van der Waals surface area contributed by atoms with E-state index >= 15 is 0 Å². The fourth-order valence-electron chi connectivity index (χ4n) is 7.86. The molecule has 4 aliphatic rings. The van der Waals surface area contributed by atoms with Crippen molar-refractivity contribution in [3.63, 3.8) is 0 Å². The summed E-state index contributed by atoms with van der Waals surface area (Å²) in [4.78, 5) is 63.2. The summed E-state index contributed by atoms with van der Waals surface area (Å²) in [5, 5.41) is 5.84. The molecule has 2 aliphatic carbocycles. The number of rotatable bonds is 16. The lowest BCUT2D eigenvalue weighted by Crippen LogP contribution is -2.44. The maximum absolute atomic E-state index is 12.5. The van der Waals surface area contributed by atoms with Gasteiger partial charge in [-0.25, -0.2) is 51.2 Å². The molecule has 0 spiro atoms. The number of aromatic nitrogens is 6. The van der Waals surface area contributed by atoms with Crippen LogP contribution in [0.4, 0.5) is 37.4 Å². The van der Waals surface area contributed by atoms with Crippen molar-refractivity contribution in [2.24, 2.45) is 0 Å². The Morgan fingerprint density at radius 1 is 0.603 bits per heavy atom. The molecule has 6 heterocycles. The van der Waals surface area contributed by atoms with Crippen molar-refractivity contribution in [3.05, 3.63) is 48.3 Å². The molecule has 0 radical (unpaired) electrons. The first-order valence-corrected chi connectivity index (χ1v) is 29.1. The minimum Gasteiger partial charge on any atom is -0.489 e. The number of carbonyl (C=O) groups excluding carboxylic acids is 3.